The van der Waals surface area contributed by atoms with Gasteiger partial charge in [-0.2, -0.15) is 0 Å². The summed E-state index contributed by atoms with van der Waals surface area (Å²) >= 11 is 0. The van der Waals surface area contributed by atoms with Crippen LogP contribution in [0.25, 0.3) is 0 Å². The van der Waals surface area contributed by atoms with Crippen molar-refractivity contribution in [3.63, 3.8) is 0 Å². The van der Waals surface area contributed by atoms with Crippen LogP contribution in [0.2, 0.25) is 0 Å². The molecule has 0 saturated carbocycles. The molecule has 1 rings (SSSR count). The second kappa shape index (κ2) is 4.12. The van der Waals surface area contributed by atoms with Crippen LogP contribution in [0.15, 0.2) is 18.3 Å². The highest BCUT2D eigenvalue weighted by molar-refractivity contribution is 5.84. The number of carbonyl (C=O) groups is 1. The molecular weight excluding hydrogens is 169 g/mol. The number of rotatable bonds is 3. The molecule has 1 aromatic heterocycles. The standard InChI is InChI=1S/C10H12FNO/c1-3-9(13)7(2)10-8(11)5-4-6-12-10/h4-7H,3H2,1-2H3. The van der Waals surface area contributed by atoms with Crippen LogP contribution in [0.3, 0.4) is 0 Å². The molecule has 0 aliphatic rings. The van der Waals surface area contributed by atoms with Crippen molar-refractivity contribution in [2.24, 2.45) is 0 Å². The van der Waals surface area contributed by atoms with Gasteiger partial charge in [-0.1, -0.05) is 6.92 Å². The Morgan fingerprint density at radius 3 is 2.92 bits per heavy atom. The molecule has 1 unspecified atom stereocenters. The lowest BCUT2D eigenvalue weighted by molar-refractivity contribution is -0.119. The van der Waals surface area contributed by atoms with Gasteiger partial charge in [0.15, 0.2) is 0 Å². The van der Waals surface area contributed by atoms with Gasteiger partial charge in [-0.05, 0) is 19.1 Å². The molecule has 2 nitrogen and oxygen atoms in total. The smallest absolute Gasteiger partial charge is 0.145 e. The van der Waals surface area contributed by atoms with E-state index in [1.54, 1.807) is 13.8 Å². The molecule has 0 aliphatic heterocycles. The highest BCUT2D eigenvalue weighted by atomic mass is 19.1. The molecule has 0 spiro atoms. The number of pyridine rings is 1. The lowest BCUT2D eigenvalue weighted by atomic mass is 10.00. The number of aromatic nitrogens is 1. The first-order valence-corrected chi connectivity index (χ1v) is 4.30. The van der Waals surface area contributed by atoms with Gasteiger partial charge in [0.1, 0.15) is 11.6 Å². The number of hydrogen-bond donors (Lipinski definition) is 0. The van der Waals surface area contributed by atoms with Crippen LogP contribution in [0.4, 0.5) is 4.39 Å². The predicted molar refractivity (Wildman–Crippen MR) is 47.9 cm³/mol. The van der Waals surface area contributed by atoms with Crippen molar-refractivity contribution >= 4 is 5.78 Å². The van der Waals surface area contributed by atoms with Gasteiger partial charge in [0.2, 0.25) is 0 Å². The van der Waals surface area contributed by atoms with E-state index in [1.165, 1.54) is 18.3 Å². The van der Waals surface area contributed by atoms with Crippen LogP contribution >= 0.6 is 0 Å². The van der Waals surface area contributed by atoms with Crippen molar-refractivity contribution in [1.82, 2.24) is 4.98 Å². The molecular formula is C10H12FNO. The Balaban J connectivity index is 2.95. The fraction of sp³-hybridized carbons (Fsp3) is 0.400. The second-order valence-corrected chi connectivity index (χ2v) is 2.91. The molecule has 0 aromatic carbocycles. The highest BCUT2D eigenvalue weighted by Gasteiger charge is 2.17. The van der Waals surface area contributed by atoms with E-state index in [-0.39, 0.29) is 11.5 Å². The zero-order valence-corrected chi connectivity index (χ0v) is 7.75. The van der Waals surface area contributed by atoms with Crippen molar-refractivity contribution in [2.45, 2.75) is 26.2 Å². The summed E-state index contributed by atoms with van der Waals surface area (Å²) in [5.74, 6) is -0.833. The van der Waals surface area contributed by atoms with E-state index in [4.69, 9.17) is 0 Å². The molecule has 0 radical (unpaired) electrons. The maximum atomic E-state index is 13.1. The largest absolute Gasteiger partial charge is 0.299 e. The third kappa shape index (κ3) is 2.11. The zero-order valence-electron chi connectivity index (χ0n) is 7.75. The van der Waals surface area contributed by atoms with Crippen LogP contribution in [0, 0.1) is 5.82 Å². The lowest BCUT2D eigenvalue weighted by Crippen LogP contribution is -2.10. The van der Waals surface area contributed by atoms with Gasteiger partial charge in [0.05, 0.1) is 11.6 Å². The Hall–Kier alpha value is -1.25. The molecule has 0 aliphatic carbocycles. The van der Waals surface area contributed by atoms with Crippen LogP contribution in [0.5, 0.6) is 0 Å². The maximum absolute atomic E-state index is 13.1. The Morgan fingerprint density at radius 2 is 2.38 bits per heavy atom. The first-order valence-electron chi connectivity index (χ1n) is 4.30. The second-order valence-electron chi connectivity index (χ2n) is 2.91. The number of ketones is 1. The van der Waals surface area contributed by atoms with Crippen molar-refractivity contribution in [3.8, 4) is 0 Å². The summed E-state index contributed by atoms with van der Waals surface area (Å²) in [5, 5.41) is 0. The van der Waals surface area contributed by atoms with Crippen molar-refractivity contribution in [3.05, 3.63) is 29.8 Å². The van der Waals surface area contributed by atoms with Gasteiger partial charge in [-0.25, -0.2) is 4.39 Å². The Bertz CT molecular complexity index is 312. The Labute approximate surface area is 76.8 Å². The maximum Gasteiger partial charge on any atom is 0.145 e. The molecule has 0 saturated heterocycles. The molecule has 3 heteroatoms. The van der Waals surface area contributed by atoms with E-state index in [0.29, 0.717) is 6.42 Å². The minimum absolute atomic E-state index is 0.0117. The summed E-state index contributed by atoms with van der Waals surface area (Å²) in [6.07, 6.45) is 1.91. The minimum atomic E-state index is -0.439. The summed E-state index contributed by atoms with van der Waals surface area (Å²) in [7, 11) is 0. The predicted octanol–water partition coefficient (Wildman–Crippen LogP) is 2.30. The van der Waals surface area contributed by atoms with Gasteiger partial charge in [-0.15, -0.1) is 0 Å². The molecule has 13 heavy (non-hydrogen) atoms. The monoisotopic (exact) mass is 181 g/mol. The molecule has 0 fully saturated rings. The van der Waals surface area contributed by atoms with E-state index in [2.05, 4.69) is 4.98 Å². The first-order chi connectivity index (χ1) is 6.16. The molecule has 1 aromatic rings. The van der Waals surface area contributed by atoms with Crippen LogP contribution < -0.4 is 0 Å². The van der Waals surface area contributed by atoms with E-state index in [0.717, 1.165) is 0 Å². The third-order valence-electron chi connectivity index (χ3n) is 2.03. The van der Waals surface area contributed by atoms with E-state index < -0.39 is 11.7 Å². The summed E-state index contributed by atoms with van der Waals surface area (Å²) in [5.41, 5.74) is 0.245. The zero-order chi connectivity index (χ0) is 9.84. The summed E-state index contributed by atoms with van der Waals surface area (Å²) in [6, 6.07) is 2.84. The number of hydrogen-bond acceptors (Lipinski definition) is 2. The average molecular weight is 181 g/mol. The minimum Gasteiger partial charge on any atom is -0.299 e. The van der Waals surface area contributed by atoms with Gasteiger partial charge >= 0.3 is 0 Å². The quantitative estimate of drug-likeness (QED) is 0.716. The molecule has 0 amide bonds. The van der Waals surface area contributed by atoms with Gasteiger partial charge < -0.3 is 0 Å². The first kappa shape index (κ1) is 9.84. The van der Waals surface area contributed by atoms with Crippen molar-refractivity contribution in [2.75, 3.05) is 0 Å². The van der Waals surface area contributed by atoms with E-state index in [9.17, 15) is 9.18 Å². The van der Waals surface area contributed by atoms with E-state index >= 15 is 0 Å². The molecule has 1 atom stereocenters. The van der Waals surface area contributed by atoms with Crippen LogP contribution in [0.1, 0.15) is 31.9 Å². The Morgan fingerprint density at radius 1 is 1.69 bits per heavy atom. The molecule has 1 heterocycles. The SMILES string of the molecule is CCC(=O)C(C)c1ncccc1F. The van der Waals surface area contributed by atoms with Crippen molar-refractivity contribution < 1.29 is 9.18 Å². The summed E-state index contributed by atoms with van der Waals surface area (Å²) in [6.45, 7) is 3.44. The highest BCUT2D eigenvalue weighted by Crippen LogP contribution is 2.17. The molecule has 0 bridgehead atoms. The van der Waals surface area contributed by atoms with E-state index in [1.807, 2.05) is 0 Å². The number of nitrogens with zero attached hydrogens (tertiary/aromatic N) is 1. The Kier molecular flexibility index (Phi) is 3.12. The fourth-order valence-corrected chi connectivity index (χ4v) is 1.18. The van der Waals surface area contributed by atoms with Gasteiger partial charge in [0.25, 0.3) is 0 Å². The topological polar surface area (TPSA) is 30.0 Å². The van der Waals surface area contributed by atoms with Crippen molar-refractivity contribution in [1.29, 1.82) is 0 Å². The summed E-state index contributed by atoms with van der Waals surface area (Å²) < 4.78 is 13.1. The molecule has 0 N–H and O–H groups in total. The number of Topliss-reactive ketones (excluding diaryl/α,β-unsaturated/α-hetero) is 1. The number of halogens is 1. The summed E-state index contributed by atoms with van der Waals surface area (Å²) in [4.78, 5) is 15.1. The normalized spacial score (nSPS) is 12.5. The van der Waals surface area contributed by atoms with Gasteiger partial charge in [0, 0.05) is 12.6 Å². The molecule has 70 valence electrons. The number of carbonyl (C=O) groups excluding carboxylic acids is 1. The van der Waals surface area contributed by atoms with Crippen LogP contribution in [-0.4, -0.2) is 10.8 Å². The third-order valence-corrected chi connectivity index (χ3v) is 2.03. The average Bonchev–Trinajstić information content (AvgIpc) is 2.16. The van der Waals surface area contributed by atoms with Crippen LogP contribution in [-0.2, 0) is 4.79 Å². The lowest BCUT2D eigenvalue weighted by Gasteiger charge is -2.08. The van der Waals surface area contributed by atoms with Gasteiger partial charge in [-0.3, -0.25) is 9.78 Å². The fourth-order valence-electron chi connectivity index (χ4n) is 1.18.